The second kappa shape index (κ2) is 7.38. The van der Waals surface area contributed by atoms with Crippen molar-refractivity contribution in [2.75, 3.05) is 19.8 Å². The molecule has 0 amide bonds. The average Bonchev–Trinajstić information content (AvgIpc) is 2.74. The van der Waals surface area contributed by atoms with Crippen LogP contribution < -0.4 is 5.73 Å². The summed E-state index contributed by atoms with van der Waals surface area (Å²) < 4.78 is 7.47. The largest absolute Gasteiger partial charge is 0.396 e. The zero-order valence-electron chi connectivity index (χ0n) is 9.80. The van der Waals surface area contributed by atoms with Gasteiger partial charge >= 0.3 is 0 Å². The molecule has 0 bridgehead atoms. The lowest BCUT2D eigenvalue weighted by Gasteiger charge is -2.13. The van der Waals surface area contributed by atoms with Crippen LogP contribution in [0.3, 0.4) is 0 Å². The van der Waals surface area contributed by atoms with Crippen molar-refractivity contribution in [3.8, 4) is 0 Å². The van der Waals surface area contributed by atoms with Gasteiger partial charge in [0.05, 0.1) is 12.3 Å². The van der Waals surface area contributed by atoms with Crippen LogP contribution in [0, 0.1) is 0 Å². The molecule has 1 heterocycles. The highest BCUT2D eigenvalue weighted by Gasteiger charge is 2.11. The molecule has 1 aromatic heterocycles. The summed E-state index contributed by atoms with van der Waals surface area (Å²) in [5.41, 5.74) is 6.65. The highest BCUT2D eigenvalue weighted by molar-refractivity contribution is 5.08. The maximum Gasteiger partial charge on any atom is 0.0977 e. The molecule has 0 fully saturated rings. The van der Waals surface area contributed by atoms with Crippen molar-refractivity contribution in [2.24, 2.45) is 5.73 Å². The molecule has 0 saturated carbocycles. The summed E-state index contributed by atoms with van der Waals surface area (Å²) in [5.74, 6) is 0. The Kier molecular flexibility index (Phi) is 6.07. The Hall–Kier alpha value is -0.910. The molecule has 0 aliphatic rings. The zero-order valence-corrected chi connectivity index (χ0v) is 9.80. The van der Waals surface area contributed by atoms with Gasteiger partial charge in [0.2, 0.25) is 0 Å². The molecule has 1 aromatic rings. The standard InChI is InChI=1S/C11H21N3O2/c1-2-4-14-9-10(8-13-14)11(7-12)16-6-3-5-15/h8-9,11,15H,2-7,12H2,1H3. The fourth-order valence-electron chi connectivity index (χ4n) is 1.49. The summed E-state index contributed by atoms with van der Waals surface area (Å²) in [6, 6.07) is 0. The van der Waals surface area contributed by atoms with Crippen molar-refractivity contribution in [1.82, 2.24) is 9.78 Å². The van der Waals surface area contributed by atoms with E-state index in [-0.39, 0.29) is 12.7 Å². The molecule has 16 heavy (non-hydrogen) atoms. The number of nitrogens with zero attached hydrogens (tertiary/aromatic N) is 2. The van der Waals surface area contributed by atoms with Crippen LogP contribution in [0.15, 0.2) is 12.4 Å². The van der Waals surface area contributed by atoms with Gasteiger partial charge in [-0.3, -0.25) is 4.68 Å². The molecular formula is C11H21N3O2. The molecule has 0 aliphatic heterocycles. The van der Waals surface area contributed by atoms with Crippen LogP contribution in [0.25, 0.3) is 0 Å². The van der Waals surface area contributed by atoms with E-state index in [2.05, 4.69) is 12.0 Å². The summed E-state index contributed by atoms with van der Waals surface area (Å²) in [4.78, 5) is 0. The molecule has 0 saturated heterocycles. The van der Waals surface area contributed by atoms with Gasteiger partial charge in [0, 0.05) is 38.1 Å². The number of ether oxygens (including phenoxy) is 1. The Morgan fingerprint density at radius 2 is 2.44 bits per heavy atom. The lowest BCUT2D eigenvalue weighted by atomic mass is 10.2. The number of rotatable bonds is 8. The smallest absolute Gasteiger partial charge is 0.0977 e. The van der Waals surface area contributed by atoms with E-state index in [1.54, 1.807) is 6.20 Å². The van der Waals surface area contributed by atoms with Crippen LogP contribution in [0.4, 0.5) is 0 Å². The van der Waals surface area contributed by atoms with E-state index in [4.69, 9.17) is 15.6 Å². The van der Waals surface area contributed by atoms with Crippen LogP contribution in [-0.4, -0.2) is 34.6 Å². The van der Waals surface area contributed by atoms with E-state index in [0.29, 0.717) is 19.6 Å². The van der Waals surface area contributed by atoms with Gasteiger partial charge < -0.3 is 15.6 Å². The predicted molar refractivity (Wildman–Crippen MR) is 62.0 cm³/mol. The van der Waals surface area contributed by atoms with E-state index in [9.17, 15) is 0 Å². The van der Waals surface area contributed by atoms with Crippen molar-refractivity contribution < 1.29 is 9.84 Å². The van der Waals surface area contributed by atoms with E-state index in [1.807, 2.05) is 10.9 Å². The summed E-state index contributed by atoms with van der Waals surface area (Å²) in [6.45, 7) is 4.13. The number of aliphatic hydroxyl groups excluding tert-OH is 1. The molecule has 1 unspecified atom stereocenters. The normalized spacial score (nSPS) is 12.9. The first kappa shape index (κ1) is 13.2. The maximum absolute atomic E-state index is 8.67. The second-order valence-electron chi connectivity index (χ2n) is 3.71. The van der Waals surface area contributed by atoms with Gasteiger partial charge in [-0.05, 0) is 12.8 Å². The van der Waals surface area contributed by atoms with Crippen LogP contribution in [0.2, 0.25) is 0 Å². The zero-order chi connectivity index (χ0) is 11.8. The van der Waals surface area contributed by atoms with Crippen molar-refractivity contribution in [2.45, 2.75) is 32.4 Å². The van der Waals surface area contributed by atoms with E-state index < -0.39 is 0 Å². The molecule has 0 aliphatic carbocycles. The molecule has 0 radical (unpaired) electrons. The third-order valence-corrected chi connectivity index (χ3v) is 2.31. The van der Waals surface area contributed by atoms with Crippen molar-refractivity contribution >= 4 is 0 Å². The quantitative estimate of drug-likeness (QED) is 0.641. The number of aryl methyl sites for hydroxylation is 1. The monoisotopic (exact) mass is 227 g/mol. The summed E-state index contributed by atoms with van der Waals surface area (Å²) in [6.07, 6.45) is 5.35. The first-order valence-electron chi connectivity index (χ1n) is 5.76. The highest BCUT2D eigenvalue weighted by Crippen LogP contribution is 2.15. The fourth-order valence-corrected chi connectivity index (χ4v) is 1.49. The first-order valence-corrected chi connectivity index (χ1v) is 5.76. The van der Waals surface area contributed by atoms with Crippen LogP contribution in [-0.2, 0) is 11.3 Å². The van der Waals surface area contributed by atoms with Gasteiger partial charge in [-0.2, -0.15) is 5.10 Å². The third-order valence-electron chi connectivity index (χ3n) is 2.31. The Morgan fingerprint density at radius 1 is 1.62 bits per heavy atom. The Balaban J connectivity index is 2.49. The van der Waals surface area contributed by atoms with Crippen molar-refractivity contribution in [3.63, 3.8) is 0 Å². The van der Waals surface area contributed by atoms with Gasteiger partial charge in [0.25, 0.3) is 0 Å². The Labute approximate surface area is 96.2 Å². The summed E-state index contributed by atoms with van der Waals surface area (Å²) in [7, 11) is 0. The topological polar surface area (TPSA) is 73.3 Å². The predicted octanol–water partition coefficient (Wildman–Crippen LogP) is 0.692. The fraction of sp³-hybridized carbons (Fsp3) is 0.727. The molecule has 1 rings (SSSR count). The molecule has 5 heteroatoms. The second-order valence-corrected chi connectivity index (χ2v) is 3.71. The number of hydrogen-bond donors (Lipinski definition) is 2. The minimum atomic E-state index is -0.114. The third kappa shape index (κ3) is 3.92. The van der Waals surface area contributed by atoms with Crippen LogP contribution in [0.5, 0.6) is 0 Å². The number of aromatic nitrogens is 2. The maximum atomic E-state index is 8.67. The first-order chi connectivity index (χ1) is 7.81. The lowest BCUT2D eigenvalue weighted by molar-refractivity contribution is 0.0488. The van der Waals surface area contributed by atoms with Gasteiger partial charge in [0.15, 0.2) is 0 Å². The SMILES string of the molecule is CCCn1cc(C(CN)OCCCO)cn1. The minimum absolute atomic E-state index is 0.114. The number of aliphatic hydroxyl groups is 1. The molecular weight excluding hydrogens is 206 g/mol. The van der Waals surface area contributed by atoms with Gasteiger partial charge in [-0.1, -0.05) is 6.92 Å². The van der Waals surface area contributed by atoms with Crippen molar-refractivity contribution in [3.05, 3.63) is 18.0 Å². The van der Waals surface area contributed by atoms with E-state index in [0.717, 1.165) is 18.5 Å². The lowest BCUT2D eigenvalue weighted by Crippen LogP contribution is -2.16. The summed E-state index contributed by atoms with van der Waals surface area (Å²) >= 11 is 0. The van der Waals surface area contributed by atoms with E-state index in [1.165, 1.54) is 0 Å². The molecule has 92 valence electrons. The summed E-state index contributed by atoms with van der Waals surface area (Å²) in [5, 5.41) is 12.9. The van der Waals surface area contributed by atoms with Gasteiger partial charge in [-0.15, -0.1) is 0 Å². The number of hydrogen-bond acceptors (Lipinski definition) is 4. The molecule has 0 aromatic carbocycles. The molecule has 1 atom stereocenters. The average molecular weight is 227 g/mol. The number of nitrogens with two attached hydrogens (primary N) is 1. The Morgan fingerprint density at radius 3 is 3.06 bits per heavy atom. The molecule has 0 spiro atoms. The molecule has 3 N–H and O–H groups in total. The van der Waals surface area contributed by atoms with E-state index >= 15 is 0 Å². The van der Waals surface area contributed by atoms with Crippen molar-refractivity contribution in [1.29, 1.82) is 0 Å². The van der Waals surface area contributed by atoms with Crippen LogP contribution >= 0.6 is 0 Å². The Bertz CT molecular complexity index is 289. The highest BCUT2D eigenvalue weighted by atomic mass is 16.5. The van der Waals surface area contributed by atoms with Gasteiger partial charge in [-0.25, -0.2) is 0 Å². The minimum Gasteiger partial charge on any atom is -0.396 e. The van der Waals surface area contributed by atoms with Crippen LogP contribution in [0.1, 0.15) is 31.4 Å². The molecule has 5 nitrogen and oxygen atoms in total. The van der Waals surface area contributed by atoms with Gasteiger partial charge in [0.1, 0.15) is 0 Å².